The van der Waals surface area contributed by atoms with Crippen LogP contribution in [0.4, 0.5) is 0 Å². The lowest BCUT2D eigenvalue weighted by Crippen LogP contribution is -2.42. The van der Waals surface area contributed by atoms with Crippen molar-refractivity contribution >= 4 is 30.2 Å². The molecule has 3 aliphatic rings. The molecule has 62 heavy (non-hydrogen) atoms. The molecule has 0 bridgehead atoms. The van der Waals surface area contributed by atoms with Crippen molar-refractivity contribution in [2.24, 2.45) is 23.7 Å². The molecule has 1 unspecified atom stereocenters. The highest BCUT2D eigenvalue weighted by atomic mass is 16.6. The van der Waals surface area contributed by atoms with Crippen molar-refractivity contribution < 1.29 is 53.5 Å². The van der Waals surface area contributed by atoms with E-state index in [0.717, 1.165) is 63.9 Å². The van der Waals surface area contributed by atoms with E-state index in [0.29, 0.717) is 37.1 Å². The maximum Gasteiger partial charge on any atom is 0.293 e. The number of piperidine rings is 1. The van der Waals surface area contributed by atoms with Gasteiger partial charge in [-0.2, -0.15) is 0 Å². The molecule has 12 nitrogen and oxygen atoms in total. The highest BCUT2D eigenvalue weighted by Crippen LogP contribution is 2.22. The number of methoxy groups -OCH3 is 1. The topological polar surface area (TPSA) is 177 Å². The summed E-state index contributed by atoms with van der Waals surface area (Å²) in [6.45, 7) is 19.4. The fourth-order valence-corrected chi connectivity index (χ4v) is 6.92. The number of ketones is 2. The lowest BCUT2D eigenvalue weighted by Gasteiger charge is -2.31. The molecule has 358 valence electrons. The average Bonchev–Trinajstić information content (AvgIpc) is 3.27. The van der Waals surface area contributed by atoms with E-state index in [1.807, 2.05) is 71.9 Å². The Kier molecular flexibility index (Phi) is 37.5. The number of ether oxygens (including phenoxy) is 3. The Hall–Kier alpha value is -3.29. The Morgan fingerprint density at radius 1 is 0.839 bits per heavy atom. The molecule has 1 aliphatic carbocycles. The van der Waals surface area contributed by atoms with Gasteiger partial charge in [0.15, 0.2) is 6.29 Å². The van der Waals surface area contributed by atoms with Gasteiger partial charge in [0.2, 0.25) is 6.29 Å². The summed E-state index contributed by atoms with van der Waals surface area (Å²) in [5.41, 5.74) is 1.74. The van der Waals surface area contributed by atoms with E-state index in [-0.39, 0.29) is 48.4 Å². The van der Waals surface area contributed by atoms with Crippen LogP contribution >= 0.6 is 0 Å². The number of carbonyl (C=O) groups excluding carboxylic acids is 5. The molecule has 2 heterocycles. The van der Waals surface area contributed by atoms with E-state index in [2.05, 4.69) is 6.92 Å². The first-order chi connectivity index (χ1) is 29.5. The lowest BCUT2D eigenvalue weighted by atomic mass is 9.91. The number of allylic oxidation sites excluding steroid dienone is 6. The molecule has 8 atom stereocenters. The predicted molar refractivity (Wildman–Crippen MR) is 248 cm³/mol. The number of aliphatic hydroxyl groups is 3. The lowest BCUT2D eigenvalue weighted by molar-refractivity contribution is -0.153. The number of hydrogen-bond acceptors (Lipinski definition) is 11. The molecule has 1 amide bonds. The third-order valence-electron chi connectivity index (χ3n) is 11.8. The van der Waals surface area contributed by atoms with Crippen LogP contribution in [0.2, 0.25) is 0 Å². The van der Waals surface area contributed by atoms with Crippen molar-refractivity contribution in [2.45, 2.75) is 189 Å². The molecular formula is C50H87NO11. The first-order valence-electron chi connectivity index (χ1n) is 23.1. The highest BCUT2D eigenvalue weighted by Gasteiger charge is 2.23. The van der Waals surface area contributed by atoms with Gasteiger partial charge < -0.3 is 34.4 Å². The molecule has 0 spiro atoms. The first kappa shape index (κ1) is 60.8. The fourth-order valence-electron chi connectivity index (χ4n) is 6.92. The number of rotatable bonds is 19. The van der Waals surface area contributed by atoms with Crippen molar-refractivity contribution in [2.75, 3.05) is 27.4 Å². The van der Waals surface area contributed by atoms with Crippen LogP contribution in [0.15, 0.2) is 47.6 Å². The maximum absolute atomic E-state index is 12.5. The molecule has 3 rings (SSSR count). The third kappa shape index (κ3) is 29.1. The Bertz CT molecular complexity index is 1330. The molecule has 2 saturated heterocycles. The molecule has 3 fully saturated rings. The summed E-state index contributed by atoms with van der Waals surface area (Å²) >= 11 is 0. The van der Waals surface area contributed by atoms with E-state index in [4.69, 9.17) is 24.4 Å². The largest absolute Gasteiger partial charge is 0.464 e. The van der Waals surface area contributed by atoms with E-state index in [1.54, 1.807) is 31.9 Å². The average molecular weight is 878 g/mol. The number of Topliss-reactive ketones (excluding diaryl/α,β-unsaturated/α-hetero) is 2. The molecule has 12 heteroatoms. The zero-order valence-electron chi connectivity index (χ0n) is 40.4. The van der Waals surface area contributed by atoms with Crippen LogP contribution in [0.3, 0.4) is 0 Å². The normalized spacial score (nSPS) is 22.0. The molecule has 0 aromatic carbocycles. The zero-order chi connectivity index (χ0) is 47.5. The van der Waals surface area contributed by atoms with Crippen LogP contribution < -0.4 is 0 Å². The van der Waals surface area contributed by atoms with Gasteiger partial charge in [-0.05, 0) is 96.1 Å². The summed E-state index contributed by atoms with van der Waals surface area (Å²) in [4.78, 5) is 58.1. The Labute approximate surface area is 375 Å². The minimum atomic E-state index is -0.915. The van der Waals surface area contributed by atoms with E-state index < -0.39 is 24.4 Å². The van der Waals surface area contributed by atoms with Crippen molar-refractivity contribution in [3.8, 4) is 0 Å². The van der Waals surface area contributed by atoms with Crippen LogP contribution in [0, 0.1) is 23.7 Å². The molecule has 0 aromatic rings. The number of aliphatic hydroxyl groups excluding tert-OH is 3. The highest BCUT2D eigenvalue weighted by molar-refractivity contribution is 6.23. The quantitative estimate of drug-likeness (QED) is 0.0489. The number of nitrogens with zero attached hydrogens (tertiary/aromatic N) is 1. The summed E-state index contributed by atoms with van der Waals surface area (Å²) < 4.78 is 15.1. The molecule has 0 radical (unpaired) electrons. The summed E-state index contributed by atoms with van der Waals surface area (Å²) in [7, 11) is 2.68. The van der Waals surface area contributed by atoms with E-state index in [9.17, 15) is 29.1 Å². The van der Waals surface area contributed by atoms with Gasteiger partial charge in [-0.15, -0.1) is 0 Å². The minimum Gasteiger partial charge on any atom is -0.464 e. The standard InChI is InChI=1S/C28H44O6.C8H13NO2.C7H14.C6H12O2.CH4O/c1-8-25(34-19-29)17-26(30)22(4)16-23(5)28(32)18-27(31)21(3)15-13-11-9-10-12-14-20(2)24(6)33-7;1-7-4-2-3-5-9(7)8(11)6-10;1-7-5-3-2-4-6-7;1-5-3-2-4-8-6(5)7;1-2/h9-12,14,16,19,21-22,24-25,28,32H,8,13,15,17-18H2,1-7H3;6-7H,2-5H2,1H3;7H,2-6H2,1H3;5-7H,2-4H2,1H3;2H,1H3/b11-9+,12-10+,20-14+,23-16+;;;;/t21-,22-,24+,25-,28+;7-;;5?,6-;/m11.0./s1. The van der Waals surface area contributed by atoms with Gasteiger partial charge in [-0.3, -0.25) is 24.0 Å². The number of carbonyl (C=O) groups is 5. The number of amides is 1. The molecule has 3 N–H and O–H groups in total. The van der Waals surface area contributed by atoms with Crippen molar-refractivity contribution in [1.29, 1.82) is 0 Å². The second kappa shape index (κ2) is 38.2. The summed E-state index contributed by atoms with van der Waals surface area (Å²) in [5.74, 6) is 0.349. The second-order valence-electron chi connectivity index (χ2n) is 17.0. The molecule has 1 saturated carbocycles. The van der Waals surface area contributed by atoms with Crippen LogP contribution in [-0.2, 0) is 38.2 Å². The number of likely N-dealkylation sites (tertiary alicyclic amines) is 1. The van der Waals surface area contributed by atoms with Gasteiger partial charge in [-0.25, -0.2) is 0 Å². The second-order valence-corrected chi connectivity index (χ2v) is 17.0. The fraction of sp³-hybridized carbons (Fsp3) is 0.740. The van der Waals surface area contributed by atoms with Gasteiger partial charge in [0.05, 0.1) is 12.2 Å². The molecule has 0 aromatic heterocycles. The van der Waals surface area contributed by atoms with E-state index in [1.165, 1.54) is 38.5 Å². The van der Waals surface area contributed by atoms with Gasteiger partial charge in [0, 0.05) is 64.0 Å². The Morgan fingerprint density at radius 3 is 1.98 bits per heavy atom. The summed E-state index contributed by atoms with van der Waals surface area (Å²) in [6.07, 6.45) is 25.3. The summed E-state index contributed by atoms with van der Waals surface area (Å²) in [5, 5.41) is 26.4. The third-order valence-corrected chi connectivity index (χ3v) is 11.8. The van der Waals surface area contributed by atoms with Crippen LogP contribution in [-0.4, -0.2) is 108 Å². The van der Waals surface area contributed by atoms with Gasteiger partial charge in [0.1, 0.15) is 17.7 Å². The smallest absolute Gasteiger partial charge is 0.293 e. The summed E-state index contributed by atoms with van der Waals surface area (Å²) in [6, 6.07) is 0.251. The minimum absolute atomic E-state index is 0.000660. The Morgan fingerprint density at radius 2 is 1.48 bits per heavy atom. The number of aldehydes is 1. The maximum atomic E-state index is 12.5. The van der Waals surface area contributed by atoms with Gasteiger partial charge in [0.25, 0.3) is 12.4 Å². The van der Waals surface area contributed by atoms with Gasteiger partial charge in [-0.1, -0.05) is 103 Å². The van der Waals surface area contributed by atoms with Crippen molar-refractivity contribution in [1.82, 2.24) is 4.90 Å². The van der Waals surface area contributed by atoms with Crippen LogP contribution in [0.5, 0.6) is 0 Å². The monoisotopic (exact) mass is 878 g/mol. The molecule has 2 aliphatic heterocycles. The number of hydrogen-bond donors (Lipinski definition) is 3. The SMILES string of the molecule is CC1CCCCC1.CC1CCCO[C@@H]1O.CC[C@H](CC(=O)[C@H](C)/C=C(\C)[C@@H](O)CC(=O)[C@H](C)CC/C=C/C=C/C=C(\C)[C@H](C)OC)OC=O.CO.C[C@@H]1CCCCN1C(=O)C=O. The zero-order valence-corrected chi connectivity index (χ0v) is 40.4. The van der Waals surface area contributed by atoms with Gasteiger partial charge >= 0.3 is 0 Å². The van der Waals surface area contributed by atoms with Crippen molar-refractivity contribution in [3.05, 3.63) is 47.6 Å². The first-order valence-corrected chi connectivity index (χ1v) is 23.1. The Balaban J connectivity index is 0. The molecular weight excluding hydrogens is 791 g/mol. The van der Waals surface area contributed by atoms with E-state index >= 15 is 0 Å². The van der Waals surface area contributed by atoms with Crippen LogP contribution in [0.25, 0.3) is 0 Å². The van der Waals surface area contributed by atoms with Crippen molar-refractivity contribution in [3.63, 3.8) is 0 Å². The van der Waals surface area contributed by atoms with Crippen LogP contribution in [0.1, 0.15) is 159 Å². The predicted octanol–water partition coefficient (Wildman–Crippen LogP) is 8.84.